The Hall–Kier alpha value is -2.38. The molecule has 1 aromatic rings. The smallest absolute Gasteiger partial charge is 0.410 e. The van der Waals surface area contributed by atoms with E-state index < -0.39 is 28.6 Å². The Morgan fingerprint density at radius 1 is 1.28 bits per heavy atom. The molecule has 0 bridgehead atoms. The molecule has 2 heterocycles. The molecule has 1 aliphatic rings. The number of hydrogen-bond donors (Lipinski definition) is 2. The van der Waals surface area contributed by atoms with Gasteiger partial charge in [-0.15, -0.1) is 0 Å². The van der Waals surface area contributed by atoms with Crippen LogP contribution in [0, 0.1) is 11.4 Å². The van der Waals surface area contributed by atoms with Crippen LogP contribution in [0.3, 0.4) is 0 Å². The molecular weight excluding hydrogens is 329 g/mol. The van der Waals surface area contributed by atoms with Gasteiger partial charge in [0.25, 0.3) is 5.56 Å². The van der Waals surface area contributed by atoms with E-state index >= 15 is 0 Å². The minimum absolute atomic E-state index is 0.113. The van der Waals surface area contributed by atoms with Crippen molar-refractivity contribution in [1.82, 2.24) is 9.88 Å². The molecule has 8 heteroatoms. The molecule has 0 spiro atoms. The van der Waals surface area contributed by atoms with Gasteiger partial charge in [0.1, 0.15) is 5.60 Å². The average molecular weight is 353 g/mol. The van der Waals surface area contributed by atoms with Crippen LogP contribution in [0.1, 0.15) is 40.5 Å². The number of anilines is 1. The second-order valence-corrected chi connectivity index (χ2v) is 7.56. The molecule has 1 aromatic heterocycles. The lowest BCUT2D eigenvalue weighted by Crippen LogP contribution is -2.48. The zero-order valence-corrected chi connectivity index (χ0v) is 14.9. The second-order valence-electron chi connectivity index (χ2n) is 7.56. The van der Waals surface area contributed by atoms with Gasteiger partial charge in [0.2, 0.25) is 5.91 Å². The van der Waals surface area contributed by atoms with Gasteiger partial charge in [-0.25, -0.2) is 4.79 Å². The summed E-state index contributed by atoms with van der Waals surface area (Å²) in [6.45, 7) is 7.97. The maximum atomic E-state index is 13.2. The first kappa shape index (κ1) is 19.0. The maximum absolute atomic E-state index is 13.2. The van der Waals surface area contributed by atoms with E-state index in [2.05, 4.69) is 5.32 Å². The van der Waals surface area contributed by atoms with Crippen LogP contribution in [0.2, 0.25) is 0 Å². The lowest BCUT2D eigenvalue weighted by molar-refractivity contribution is -0.127. The number of nitrogens with zero attached hydrogens (tertiary/aromatic N) is 1. The number of ether oxygens (including phenoxy) is 1. The summed E-state index contributed by atoms with van der Waals surface area (Å²) in [6.07, 6.45) is 0.500. The second kappa shape index (κ2) is 6.85. The summed E-state index contributed by atoms with van der Waals surface area (Å²) >= 11 is 0. The molecule has 2 N–H and O–H groups in total. The number of halogens is 1. The molecule has 1 aliphatic heterocycles. The van der Waals surface area contributed by atoms with Crippen LogP contribution in [-0.4, -0.2) is 40.6 Å². The lowest BCUT2D eigenvalue weighted by Gasteiger charge is -2.38. The van der Waals surface area contributed by atoms with Crippen molar-refractivity contribution in [1.29, 1.82) is 0 Å². The van der Waals surface area contributed by atoms with Gasteiger partial charge in [0.05, 0.1) is 11.1 Å². The molecule has 1 fully saturated rings. The van der Waals surface area contributed by atoms with E-state index in [0.717, 1.165) is 12.1 Å². The Morgan fingerprint density at radius 3 is 2.40 bits per heavy atom. The zero-order valence-electron chi connectivity index (χ0n) is 14.9. The van der Waals surface area contributed by atoms with Crippen molar-refractivity contribution in [2.24, 2.45) is 5.41 Å². The molecule has 0 atom stereocenters. The molecule has 25 heavy (non-hydrogen) atoms. The average Bonchev–Trinajstić information content (AvgIpc) is 2.44. The number of pyridine rings is 1. The number of nitrogens with one attached hydrogen (secondary N) is 2. The summed E-state index contributed by atoms with van der Waals surface area (Å²) < 4.78 is 18.6. The summed E-state index contributed by atoms with van der Waals surface area (Å²) in [7, 11) is 0. The molecule has 0 aliphatic carbocycles. The monoisotopic (exact) mass is 353 g/mol. The van der Waals surface area contributed by atoms with E-state index in [1.165, 1.54) is 0 Å². The van der Waals surface area contributed by atoms with Gasteiger partial charge < -0.3 is 15.0 Å². The van der Waals surface area contributed by atoms with E-state index in [1.54, 1.807) is 32.6 Å². The fourth-order valence-corrected chi connectivity index (χ4v) is 2.60. The molecule has 1 saturated heterocycles. The number of aromatic nitrogens is 1. The van der Waals surface area contributed by atoms with Crippen LogP contribution in [0.4, 0.5) is 14.9 Å². The Bertz CT molecular complexity index is 715. The van der Waals surface area contributed by atoms with Gasteiger partial charge in [-0.3, -0.25) is 14.6 Å². The highest BCUT2D eigenvalue weighted by atomic mass is 19.1. The standard InChI is InChI=1S/C17H24FN3O4/c1-16(2,3)25-15(24)21-7-5-17(4,6-8-21)14(23)19-11-9-12(18)20-13(22)10-11/h9-10H,5-8H2,1-4H3,(H2,19,20,22,23). The Kier molecular flexibility index (Phi) is 5.20. The molecule has 0 unspecified atom stereocenters. The Labute approximate surface area is 145 Å². The van der Waals surface area contributed by atoms with Crippen molar-refractivity contribution >= 4 is 17.7 Å². The van der Waals surface area contributed by atoms with Gasteiger partial charge in [0.15, 0.2) is 5.95 Å². The van der Waals surface area contributed by atoms with Gasteiger partial charge in [-0.05, 0) is 33.6 Å². The third-order valence-corrected chi connectivity index (χ3v) is 4.14. The van der Waals surface area contributed by atoms with Gasteiger partial charge in [0, 0.05) is 25.2 Å². The molecule has 2 amide bonds. The zero-order chi connectivity index (χ0) is 18.8. The molecule has 7 nitrogen and oxygen atoms in total. The Morgan fingerprint density at radius 2 is 1.88 bits per heavy atom. The highest BCUT2D eigenvalue weighted by Crippen LogP contribution is 2.32. The number of hydrogen-bond acceptors (Lipinski definition) is 4. The van der Waals surface area contributed by atoms with E-state index in [4.69, 9.17) is 4.74 Å². The number of likely N-dealkylation sites (tertiary alicyclic amines) is 1. The predicted octanol–water partition coefficient (Wildman–Crippen LogP) is 2.49. The van der Waals surface area contributed by atoms with Crippen molar-refractivity contribution in [3.8, 4) is 0 Å². The summed E-state index contributed by atoms with van der Waals surface area (Å²) in [5.41, 5.74) is -1.79. The van der Waals surface area contributed by atoms with Crippen molar-refractivity contribution in [2.45, 2.75) is 46.1 Å². The van der Waals surface area contributed by atoms with Crippen LogP contribution in [-0.2, 0) is 9.53 Å². The van der Waals surface area contributed by atoms with E-state index in [-0.39, 0.29) is 11.6 Å². The number of amides is 2. The number of carbonyl (C=O) groups is 2. The van der Waals surface area contributed by atoms with Crippen molar-refractivity contribution in [2.75, 3.05) is 18.4 Å². The SMILES string of the molecule is CC(C)(C)OC(=O)N1CCC(C)(C(=O)Nc2cc(F)[nH]c(=O)c2)CC1. The van der Waals surface area contributed by atoms with E-state index in [0.29, 0.717) is 25.9 Å². The van der Waals surface area contributed by atoms with Crippen LogP contribution < -0.4 is 10.9 Å². The summed E-state index contributed by atoms with van der Waals surface area (Å²) in [6, 6.07) is 2.18. The summed E-state index contributed by atoms with van der Waals surface area (Å²) in [4.78, 5) is 39.5. The first-order valence-corrected chi connectivity index (χ1v) is 8.18. The molecule has 2 rings (SSSR count). The van der Waals surface area contributed by atoms with Crippen molar-refractivity contribution in [3.05, 3.63) is 28.4 Å². The van der Waals surface area contributed by atoms with Crippen LogP contribution in [0.25, 0.3) is 0 Å². The Balaban J connectivity index is 1.98. The van der Waals surface area contributed by atoms with E-state index in [1.807, 2.05) is 4.98 Å². The number of rotatable bonds is 2. The molecule has 0 aromatic carbocycles. The lowest BCUT2D eigenvalue weighted by atomic mass is 9.79. The number of aromatic amines is 1. The predicted molar refractivity (Wildman–Crippen MR) is 90.8 cm³/mol. The third kappa shape index (κ3) is 5.04. The maximum Gasteiger partial charge on any atom is 0.410 e. The topological polar surface area (TPSA) is 91.5 Å². The molecule has 138 valence electrons. The summed E-state index contributed by atoms with van der Waals surface area (Å²) in [5, 5.41) is 2.58. The van der Waals surface area contributed by atoms with Crippen molar-refractivity contribution < 1.29 is 18.7 Å². The van der Waals surface area contributed by atoms with Gasteiger partial charge in [-0.1, -0.05) is 6.92 Å². The van der Waals surface area contributed by atoms with Gasteiger partial charge >= 0.3 is 6.09 Å². The third-order valence-electron chi connectivity index (χ3n) is 4.14. The first-order chi connectivity index (χ1) is 11.5. The number of carbonyl (C=O) groups excluding carboxylic acids is 2. The highest BCUT2D eigenvalue weighted by Gasteiger charge is 2.39. The molecular formula is C17H24FN3O4. The van der Waals surface area contributed by atoms with Gasteiger partial charge in [-0.2, -0.15) is 4.39 Å². The largest absolute Gasteiger partial charge is 0.444 e. The quantitative estimate of drug-likeness (QED) is 0.799. The number of H-pyrrole nitrogens is 1. The highest BCUT2D eigenvalue weighted by molar-refractivity contribution is 5.95. The van der Waals surface area contributed by atoms with E-state index in [9.17, 15) is 18.8 Å². The van der Waals surface area contributed by atoms with Crippen LogP contribution >= 0.6 is 0 Å². The molecule has 0 radical (unpaired) electrons. The fraction of sp³-hybridized carbons (Fsp3) is 0.588. The van der Waals surface area contributed by atoms with Crippen LogP contribution in [0.5, 0.6) is 0 Å². The minimum Gasteiger partial charge on any atom is -0.444 e. The number of piperidine rings is 1. The van der Waals surface area contributed by atoms with Crippen LogP contribution in [0.15, 0.2) is 16.9 Å². The first-order valence-electron chi connectivity index (χ1n) is 8.18. The molecule has 0 saturated carbocycles. The minimum atomic E-state index is -0.812. The van der Waals surface area contributed by atoms with Crippen molar-refractivity contribution in [3.63, 3.8) is 0 Å². The fourth-order valence-electron chi connectivity index (χ4n) is 2.60. The normalized spacial score (nSPS) is 17.1. The summed E-state index contributed by atoms with van der Waals surface area (Å²) in [5.74, 6) is -1.12.